The summed E-state index contributed by atoms with van der Waals surface area (Å²) in [4.78, 5) is 15.2. The smallest absolute Gasteiger partial charge is 0.278 e. The van der Waals surface area contributed by atoms with Gasteiger partial charge in [-0.25, -0.2) is 4.68 Å². The highest BCUT2D eigenvalue weighted by molar-refractivity contribution is 5.95. The van der Waals surface area contributed by atoms with E-state index in [4.69, 9.17) is 9.47 Å². The van der Waals surface area contributed by atoms with Crippen molar-refractivity contribution in [2.45, 2.75) is 12.8 Å². The molecule has 1 aromatic heterocycles. The lowest BCUT2D eigenvalue weighted by molar-refractivity contribution is 0.0745. The monoisotopic (exact) mass is 384 g/mol. The van der Waals surface area contributed by atoms with E-state index in [0.717, 1.165) is 44.7 Å². The number of carbonyl (C=O) groups excluding carboxylic acids is 1. The Bertz CT molecular complexity index is 778. The van der Waals surface area contributed by atoms with Crippen LogP contribution in [0.4, 0.5) is 0 Å². The molecule has 0 radical (unpaired) electrons. The Morgan fingerprint density at radius 1 is 1.14 bits per heavy atom. The Balaban J connectivity index is 1.55. The van der Waals surface area contributed by atoms with Gasteiger partial charge >= 0.3 is 0 Å². The lowest BCUT2D eigenvalue weighted by Crippen LogP contribution is -2.33. The van der Waals surface area contributed by atoms with Gasteiger partial charge in [-0.3, -0.25) is 4.79 Å². The first-order chi connectivity index (χ1) is 13.8. The molecular weight excluding hydrogens is 356 g/mol. The Morgan fingerprint density at radius 3 is 2.54 bits per heavy atom. The van der Waals surface area contributed by atoms with Gasteiger partial charge < -0.3 is 19.7 Å². The zero-order chi connectivity index (χ0) is 19.3. The van der Waals surface area contributed by atoms with Crippen molar-refractivity contribution in [1.29, 1.82) is 0 Å². The summed E-state index contributed by atoms with van der Waals surface area (Å²) in [6.07, 6.45) is 3.88. The fraction of sp³-hybridized carbons (Fsp3) is 0.524. The molecule has 4 rings (SSSR count). The number of methoxy groups -OCH3 is 1. The van der Waals surface area contributed by atoms with E-state index in [1.54, 1.807) is 18.0 Å². The molecule has 0 unspecified atom stereocenters. The molecular formula is C21H28N4O3. The minimum atomic E-state index is -0.0463. The van der Waals surface area contributed by atoms with Crippen molar-refractivity contribution in [3.05, 3.63) is 42.2 Å². The molecule has 2 fully saturated rings. The van der Waals surface area contributed by atoms with Gasteiger partial charge in [-0.15, -0.1) is 0 Å². The van der Waals surface area contributed by atoms with Gasteiger partial charge in [0.2, 0.25) is 0 Å². The van der Waals surface area contributed by atoms with Gasteiger partial charge in [0, 0.05) is 20.2 Å². The van der Waals surface area contributed by atoms with Crippen molar-refractivity contribution in [2.75, 3.05) is 46.5 Å². The van der Waals surface area contributed by atoms with Crippen LogP contribution in [0.3, 0.4) is 0 Å². The summed E-state index contributed by atoms with van der Waals surface area (Å²) >= 11 is 0. The molecule has 7 heteroatoms. The highest BCUT2D eigenvalue weighted by Crippen LogP contribution is 2.29. The predicted octanol–water partition coefficient (Wildman–Crippen LogP) is 1.97. The number of nitrogens with one attached hydrogen (secondary N) is 1. The van der Waals surface area contributed by atoms with Crippen LogP contribution >= 0.6 is 0 Å². The Hall–Kier alpha value is -2.38. The van der Waals surface area contributed by atoms with Gasteiger partial charge in [0.15, 0.2) is 11.4 Å². The number of aromatic nitrogens is 2. The number of hydrogen-bond donors (Lipinski definition) is 1. The van der Waals surface area contributed by atoms with E-state index < -0.39 is 0 Å². The summed E-state index contributed by atoms with van der Waals surface area (Å²) in [5.74, 6) is 1.82. The number of para-hydroxylation sites is 1. The number of nitrogens with zero attached hydrogens (tertiary/aromatic N) is 3. The minimum Gasteiger partial charge on any atom is -0.487 e. The first-order valence-corrected chi connectivity index (χ1v) is 10.0. The normalized spacial score (nSPS) is 22.0. The van der Waals surface area contributed by atoms with Gasteiger partial charge in [0.1, 0.15) is 6.61 Å². The number of amides is 1. The summed E-state index contributed by atoms with van der Waals surface area (Å²) in [6, 6.07) is 9.77. The molecule has 1 aromatic carbocycles. The number of hydrogen-bond acceptors (Lipinski definition) is 5. The highest BCUT2D eigenvalue weighted by atomic mass is 16.5. The molecule has 0 spiro atoms. The second-order valence-corrected chi connectivity index (χ2v) is 7.51. The van der Waals surface area contributed by atoms with Crippen LogP contribution in [0, 0.1) is 11.8 Å². The average Bonchev–Trinajstić information content (AvgIpc) is 3.31. The third-order valence-electron chi connectivity index (χ3n) is 5.76. The molecule has 2 aliphatic rings. The number of likely N-dealkylation sites (tertiary alicyclic amines) is 1. The molecule has 1 N–H and O–H groups in total. The van der Waals surface area contributed by atoms with E-state index >= 15 is 0 Å². The Kier molecular flexibility index (Phi) is 5.92. The van der Waals surface area contributed by atoms with Gasteiger partial charge in [-0.2, -0.15) is 5.10 Å². The molecule has 2 saturated heterocycles. The van der Waals surface area contributed by atoms with Crippen LogP contribution in [0.25, 0.3) is 5.69 Å². The van der Waals surface area contributed by atoms with Gasteiger partial charge in [0.05, 0.1) is 18.5 Å². The van der Waals surface area contributed by atoms with E-state index in [0.29, 0.717) is 36.5 Å². The molecule has 1 amide bonds. The Labute approximate surface area is 165 Å². The lowest BCUT2D eigenvalue weighted by atomic mass is 9.92. The predicted molar refractivity (Wildman–Crippen MR) is 106 cm³/mol. The zero-order valence-corrected chi connectivity index (χ0v) is 16.3. The fourth-order valence-electron chi connectivity index (χ4n) is 4.13. The third-order valence-corrected chi connectivity index (χ3v) is 5.76. The molecule has 150 valence electrons. The van der Waals surface area contributed by atoms with Crippen LogP contribution in [0.2, 0.25) is 0 Å². The van der Waals surface area contributed by atoms with Crippen molar-refractivity contribution in [3.63, 3.8) is 0 Å². The molecule has 2 aromatic rings. The van der Waals surface area contributed by atoms with Crippen molar-refractivity contribution in [3.8, 4) is 11.4 Å². The van der Waals surface area contributed by atoms with E-state index in [1.165, 1.54) is 0 Å². The Morgan fingerprint density at radius 2 is 1.86 bits per heavy atom. The van der Waals surface area contributed by atoms with Crippen LogP contribution in [0.1, 0.15) is 23.3 Å². The third kappa shape index (κ3) is 4.05. The zero-order valence-electron chi connectivity index (χ0n) is 16.3. The second kappa shape index (κ2) is 8.75. The molecule has 7 nitrogen and oxygen atoms in total. The summed E-state index contributed by atoms with van der Waals surface area (Å²) in [6.45, 7) is 4.54. The first kappa shape index (κ1) is 19.0. The number of fused-ring (bicyclic) bond motifs is 1. The van der Waals surface area contributed by atoms with Crippen LogP contribution in [0.15, 0.2) is 36.5 Å². The maximum absolute atomic E-state index is 13.3. The number of rotatable bonds is 6. The standard InChI is InChI=1S/C21H28N4O3/c1-27-11-12-28-19-15-25(18-5-3-2-4-6-18)23-20(19)21(26)24-9-7-16-13-22-14-17(16)8-10-24/h2-6,15-17,22H,7-14H2,1H3/t16-,17+. The topological polar surface area (TPSA) is 68.6 Å². The van der Waals surface area contributed by atoms with Crippen molar-refractivity contribution in [1.82, 2.24) is 20.0 Å². The highest BCUT2D eigenvalue weighted by Gasteiger charge is 2.33. The van der Waals surface area contributed by atoms with E-state index in [1.807, 2.05) is 35.2 Å². The van der Waals surface area contributed by atoms with Crippen LogP contribution < -0.4 is 10.1 Å². The summed E-state index contributed by atoms with van der Waals surface area (Å²) in [5, 5.41) is 8.06. The molecule has 2 aliphatic heterocycles. The quantitative estimate of drug-likeness (QED) is 0.772. The van der Waals surface area contributed by atoms with Gasteiger partial charge in [0.25, 0.3) is 5.91 Å². The number of benzene rings is 1. The van der Waals surface area contributed by atoms with Crippen molar-refractivity contribution < 1.29 is 14.3 Å². The second-order valence-electron chi connectivity index (χ2n) is 7.51. The first-order valence-electron chi connectivity index (χ1n) is 10.0. The summed E-state index contributed by atoms with van der Waals surface area (Å²) in [7, 11) is 1.63. The van der Waals surface area contributed by atoms with Gasteiger partial charge in [-0.05, 0) is 49.9 Å². The molecule has 0 aliphatic carbocycles. The number of carbonyl (C=O) groups is 1. The molecule has 2 atom stereocenters. The largest absolute Gasteiger partial charge is 0.487 e. The lowest BCUT2D eigenvalue weighted by Gasteiger charge is -2.20. The molecule has 0 bridgehead atoms. The number of ether oxygens (including phenoxy) is 2. The summed E-state index contributed by atoms with van der Waals surface area (Å²) < 4.78 is 12.6. The SMILES string of the molecule is COCCOc1cn(-c2ccccc2)nc1C(=O)N1CC[C@@H]2CNC[C@@H]2CC1. The van der Waals surface area contributed by atoms with Crippen LogP contribution in [-0.2, 0) is 4.74 Å². The minimum absolute atomic E-state index is 0.0463. The maximum Gasteiger partial charge on any atom is 0.278 e. The van der Waals surface area contributed by atoms with E-state index in [2.05, 4.69) is 10.4 Å². The van der Waals surface area contributed by atoms with Crippen LogP contribution in [-0.4, -0.2) is 67.1 Å². The fourth-order valence-corrected chi connectivity index (χ4v) is 4.13. The molecule has 3 heterocycles. The van der Waals surface area contributed by atoms with Gasteiger partial charge in [-0.1, -0.05) is 18.2 Å². The van der Waals surface area contributed by atoms with E-state index in [-0.39, 0.29) is 5.91 Å². The maximum atomic E-state index is 13.3. The summed E-state index contributed by atoms with van der Waals surface area (Å²) in [5.41, 5.74) is 1.28. The van der Waals surface area contributed by atoms with Crippen molar-refractivity contribution >= 4 is 5.91 Å². The average molecular weight is 384 g/mol. The molecule has 28 heavy (non-hydrogen) atoms. The molecule has 0 saturated carbocycles. The van der Waals surface area contributed by atoms with Crippen LogP contribution in [0.5, 0.6) is 5.75 Å². The van der Waals surface area contributed by atoms with Crippen molar-refractivity contribution in [2.24, 2.45) is 11.8 Å². The van der Waals surface area contributed by atoms with E-state index in [9.17, 15) is 4.79 Å².